The highest BCUT2D eigenvalue weighted by atomic mass is 19.4. The molecular weight excluding hydrogens is 361 g/mol. The van der Waals surface area contributed by atoms with Crippen molar-refractivity contribution in [3.05, 3.63) is 58.7 Å². The zero-order valence-electron chi connectivity index (χ0n) is 14.1. The second-order valence-electron chi connectivity index (χ2n) is 5.76. The number of nitrogens with zero attached hydrogens (tertiary/aromatic N) is 1. The van der Waals surface area contributed by atoms with E-state index in [-0.39, 0.29) is 18.1 Å². The van der Waals surface area contributed by atoms with Crippen LogP contribution in [0.25, 0.3) is 6.08 Å². The molecule has 0 fully saturated rings. The molecule has 2 aromatic rings. The topological polar surface area (TPSA) is 71.4 Å². The highest BCUT2D eigenvalue weighted by Gasteiger charge is 2.30. The zero-order valence-corrected chi connectivity index (χ0v) is 14.1. The molecule has 5 nitrogen and oxygen atoms in total. The lowest BCUT2D eigenvalue weighted by atomic mass is 10.0. The fourth-order valence-electron chi connectivity index (χ4n) is 2.49. The number of nitriles is 1. The van der Waals surface area contributed by atoms with Gasteiger partial charge in [-0.25, -0.2) is 0 Å². The molecule has 0 saturated heterocycles. The fraction of sp³-hybridized carbons (Fsp3) is 0.158. The van der Waals surface area contributed by atoms with E-state index in [1.54, 1.807) is 25.1 Å². The van der Waals surface area contributed by atoms with Crippen LogP contribution in [0.2, 0.25) is 0 Å². The molecule has 0 aliphatic carbocycles. The molecule has 27 heavy (non-hydrogen) atoms. The summed E-state index contributed by atoms with van der Waals surface area (Å²) in [5.74, 6) is 0.243. The van der Waals surface area contributed by atoms with Crippen LogP contribution in [0, 0.1) is 18.3 Å². The summed E-state index contributed by atoms with van der Waals surface area (Å²) in [7, 11) is 0. The molecule has 138 valence electrons. The minimum Gasteiger partial charge on any atom is -0.454 e. The normalized spacial score (nSPS) is 13.2. The van der Waals surface area contributed by atoms with Crippen LogP contribution in [-0.2, 0) is 11.0 Å². The highest BCUT2D eigenvalue weighted by Crippen LogP contribution is 2.35. The lowest BCUT2D eigenvalue weighted by molar-refractivity contribution is -0.137. The molecule has 1 heterocycles. The maximum absolute atomic E-state index is 12.8. The molecule has 0 atom stereocenters. The summed E-state index contributed by atoms with van der Waals surface area (Å²) in [6, 6.07) is 9.30. The van der Waals surface area contributed by atoms with E-state index in [1.807, 2.05) is 0 Å². The number of ether oxygens (including phenoxy) is 2. The van der Waals surface area contributed by atoms with Gasteiger partial charge in [0.15, 0.2) is 11.5 Å². The Bertz CT molecular complexity index is 975. The van der Waals surface area contributed by atoms with Crippen LogP contribution in [0.1, 0.15) is 16.7 Å². The third kappa shape index (κ3) is 4.03. The van der Waals surface area contributed by atoms with Crippen molar-refractivity contribution in [2.45, 2.75) is 13.1 Å². The van der Waals surface area contributed by atoms with Gasteiger partial charge in [0, 0.05) is 5.69 Å². The summed E-state index contributed by atoms with van der Waals surface area (Å²) < 4.78 is 48.8. The second-order valence-corrected chi connectivity index (χ2v) is 5.76. The van der Waals surface area contributed by atoms with Crippen molar-refractivity contribution in [2.75, 3.05) is 12.1 Å². The van der Waals surface area contributed by atoms with Crippen LogP contribution in [-0.4, -0.2) is 12.7 Å². The van der Waals surface area contributed by atoms with Crippen molar-refractivity contribution in [1.82, 2.24) is 0 Å². The average molecular weight is 374 g/mol. The van der Waals surface area contributed by atoms with Gasteiger partial charge in [-0.1, -0.05) is 6.07 Å². The molecule has 0 spiro atoms. The molecule has 2 aromatic carbocycles. The van der Waals surface area contributed by atoms with E-state index in [1.165, 1.54) is 18.2 Å². The number of amides is 1. The molecular formula is C19H13F3N2O3. The molecule has 1 aliphatic rings. The molecule has 0 bridgehead atoms. The molecule has 8 heteroatoms. The Kier molecular flexibility index (Phi) is 4.77. The fourth-order valence-corrected chi connectivity index (χ4v) is 2.49. The lowest BCUT2D eigenvalue weighted by Crippen LogP contribution is -2.14. The van der Waals surface area contributed by atoms with Gasteiger partial charge >= 0.3 is 6.18 Å². The number of halogens is 3. The quantitative estimate of drug-likeness (QED) is 0.643. The summed E-state index contributed by atoms with van der Waals surface area (Å²) in [4.78, 5) is 12.3. The van der Waals surface area contributed by atoms with Gasteiger partial charge in [-0.15, -0.1) is 0 Å². The molecule has 0 saturated carbocycles. The van der Waals surface area contributed by atoms with Gasteiger partial charge in [-0.05, 0) is 54.5 Å². The van der Waals surface area contributed by atoms with E-state index in [4.69, 9.17) is 9.47 Å². The molecule has 0 aromatic heterocycles. The molecule has 1 N–H and O–H groups in total. The van der Waals surface area contributed by atoms with Crippen LogP contribution >= 0.6 is 0 Å². The van der Waals surface area contributed by atoms with Crippen LogP contribution in [0.4, 0.5) is 18.9 Å². The number of alkyl halides is 3. The first-order valence-corrected chi connectivity index (χ1v) is 7.78. The molecule has 1 aliphatic heterocycles. The Morgan fingerprint density at radius 1 is 1.22 bits per heavy atom. The number of rotatable bonds is 3. The Morgan fingerprint density at radius 3 is 2.59 bits per heavy atom. The first kappa shape index (κ1) is 18.3. The Morgan fingerprint density at radius 2 is 1.93 bits per heavy atom. The van der Waals surface area contributed by atoms with Gasteiger partial charge in [0.1, 0.15) is 11.6 Å². The third-order valence-corrected chi connectivity index (χ3v) is 3.87. The average Bonchev–Trinajstić information content (AvgIpc) is 3.06. The number of carbonyl (C=O) groups excluding carboxylic acids is 1. The number of anilines is 1. The minimum absolute atomic E-state index is 0.0571. The van der Waals surface area contributed by atoms with Gasteiger partial charge in [0.2, 0.25) is 6.79 Å². The minimum atomic E-state index is -4.53. The number of hydrogen-bond acceptors (Lipinski definition) is 4. The van der Waals surface area contributed by atoms with E-state index in [0.29, 0.717) is 17.1 Å². The third-order valence-electron chi connectivity index (χ3n) is 3.87. The monoisotopic (exact) mass is 374 g/mol. The summed E-state index contributed by atoms with van der Waals surface area (Å²) >= 11 is 0. The van der Waals surface area contributed by atoms with Gasteiger partial charge in [-0.2, -0.15) is 18.4 Å². The SMILES string of the molecule is Cc1cc2c(cc1/C=C(/C#N)C(=O)Nc1cccc(C(F)(F)F)c1)OCO2. The van der Waals surface area contributed by atoms with E-state index < -0.39 is 17.6 Å². The van der Waals surface area contributed by atoms with Crippen LogP contribution in [0.3, 0.4) is 0 Å². The van der Waals surface area contributed by atoms with Gasteiger partial charge < -0.3 is 14.8 Å². The summed E-state index contributed by atoms with van der Waals surface area (Å²) in [5.41, 5.74) is 0.107. The van der Waals surface area contributed by atoms with Crippen molar-refractivity contribution >= 4 is 17.7 Å². The van der Waals surface area contributed by atoms with Crippen molar-refractivity contribution in [2.24, 2.45) is 0 Å². The van der Waals surface area contributed by atoms with Crippen LogP contribution in [0.15, 0.2) is 42.0 Å². The van der Waals surface area contributed by atoms with Crippen molar-refractivity contribution in [3.8, 4) is 17.6 Å². The maximum atomic E-state index is 12.8. The van der Waals surface area contributed by atoms with E-state index >= 15 is 0 Å². The Balaban J connectivity index is 1.85. The maximum Gasteiger partial charge on any atom is 0.416 e. The van der Waals surface area contributed by atoms with E-state index in [9.17, 15) is 23.2 Å². The zero-order chi connectivity index (χ0) is 19.6. The first-order chi connectivity index (χ1) is 12.8. The molecule has 0 radical (unpaired) electrons. The molecule has 1 amide bonds. The summed E-state index contributed by atoms with van der Waals surface area (Å²) in [6.07, 6.45) is -3.18. The number of hydrogen-bond donors (Lipinski definition) is 1. The van der Waals surface area contributed by atoms with E-state index in [0.717, 1.165) is 17.7 Å². The standard InChI is InChI=1S/C19H13F3N2O3/c1-11-5-16-17(27-10-26-16)7-12(11)6-13(9-23)18(25)24-15-4-2-3-14(8-15)19(20,21)22/h2-8H,10H2,1H3,(H,24,25)/b13-6-. The van der Waals surface area contributed by atoms with Crippen molar-refractivity contribution in [1.29, 1.82) is 5.26 Å². The smallest absolute Gasteiger partial charge is 0.416 e. The highest BCUT2D eigenvalue weighted by molar-refractivity contribution is 6.09. The summed E-state index contributed by atoms with van der Waals surface area (Å²) in [6.45, 7) is 1.86. The van der Waals surface area contributed by atoms with Crippen LogP contribution in [0.5, 0.6) is 11.5 Å². The predicted molar refractivity (Wildman–Crippen MR) is 91.0 cm³/mol. The van der Waals surface area contributed by atoms with Crippen molar-refractivity contribution in [3.63, 3.8) is 0 Å². The Labute approximate surface area is 152 Å². The van der Waals surface area contributed by atoms with Gasteiger partial charge in [0.25, 0.3) is 5.91 Å². The molecule has 3 rings (SSSR count). The van der Waals surface area contributed by atoms with Gasteiger partial charge in [-0.3, -0.25) is 4.79 Å². The number of carbonyl (C=O) groups is 1. The largest absolute Gasteiger partial charge is 0.454 e. The second kappa shape index (κ2) is 7.03. The summed E-state index contributed by atoms with van der Waals surface area (Å²) in [5, 5.41) is 11.6. The first-order valence-electron chi connectivity index (χ1n) is 7.78. The lowest BCUT2D eigenvalue weighted by Gasteiger charge is -2.10. The van der Waals surface area contributed by atoms with Gasteiger partial charge in [0.05, 0.1) is 5.56 Å². The number of aryl methyl sites for hydroxylation is 1. The van der Waals surface area contributed by atoms with Crippen molar-refractivity contribution < 1.29 is 27.4 Å². The number of fused-ring (bicyclic) bond motifs is 1. The Hall–Kier alpha value is -3.47. The number of benzene rings is 2. The van der Waals surface area contributed by atoms with Crippen LogP contribution < -0.4 is 14.8 Å². The number of nitrogens with one attached hydrogen (secondary N) is 1. The predicted octanol–water partition coefficient (Wildman–Crippen LogP) is 4.29. The molecule has 0 unspecified atom stereocenters. The van der Waals surface area contributed by atoms with E-state index in [2.05, 4.69) is 5.32 Å².